The fourth-order valence-corrected chi connectivity index (χ4v) is 3.74. The molecule has 1 aliphatic rings. The van der Waals surface area contributed by atoms with Crippen molar-refractivity contribution in [2.24, 2.45) is 0 Å². The van der Waals surface area contributed by atoms with Crippen LogP contribution < -0.4 is 20.5 Å². The molecule has 10 nitrogen and oxygen atoms in total. The average molecular weight is 501 g/mol. The van der Waals surface area contributed by atoms with Gasteiger partial charge in [-0.25, -0.2) is 15.1 Å². The van der Waals surface area contributed by atoms with E-state index in [9.17, 15) is 24.0 Å². The van der Waals surface area contributed by atoms with E-state index in [0.717, 1.165) is 4.90 Å². The van der Waals surface area contributed by atoms with Gasteiger partial charge in [-0.1, -0.05) is 30.3 Å². The molecule has 10 heteroatoms. The van der Waals surface area contributed by atoms with Gasteiger partial charge in [-0.15, -0.1) is 0 Å². The van der Waals surface area contributed by atoms with Crippen molar-refractivity contribution in [1.82, 2.24) is 10.9 Å². The number of nitrogens with zero attached hydrogens (tertiary/aromatic N) is 1. The van der Waals surface area contributed by atoms with Crippen LogP contribution in [0.25, 0.3) is 0 Å². The summed E-state index contributed by atoms with van der Waals surface area (Å²) >= 11 is 0. The molecule has 3 aromatic carbocycles. The minimum absolute atomic E-state index is 0.139. The normalized spacial score (nSPS) is 14.8. The monoisotopic (exact) mass is 501 g/mol. The van der Waals surface area contributed by atoms with Gasteiger partial charge in [0.2, 0.25) is 11.7 Å². The maximum Gasteiger partial charge on any atom is 0.338 e. The highest BCUT2D eigenvalue weighted by atomic mass is 16.5. The van der Waals surface area contributed by atoms with Crippen LogP contribution in [-0.2, 0) is 14.3 Å². The molecule has 0 spiro atoms. The number of nitrogens with one attached hydrogen (secondary N) is 2. The lowest BCUT2D eigenvalue weighted by molar-refractivity contribution is -0.121. The molecular formula is C27H23N3O7. The number of imide groups is 1. The third-order valence-electron chi connectivity index (χ3n) is 5.65. The van der Waals surface area contributed by atoms with E-state index in [1.165, 1.54) is 31.4 Å². The minimum Gasteiger partial charge on any atom is -0.496 e. The molecule has 0 bridgehead atoms. The lowest BCUT2D eigenvalue weighted by atomic mass is 10.1. The minimum atomic E-state index is -0.939. The number of carbonyl (C=O) groups is 5. The van der Waals surface area contributed by atoms with Crippen molar-refractivity contribution < 1.29 is 33.4 Å². The number of ketones is 1. The first-order valence-electron chi connectivity index (χ1n) is 11.3. The Hall–Kier alpha value is -4.83. The van der Waals surface area contributed by atoms with E-state index in [1.54, 1.807) is 54.6 Å². The van der Waals surface area contributed by atoms with Crippen LogP contribution in [0.1, 0.15) is 37.5 Å². The Morgan fingerprint density at radius 1 is 0.892 bits per heavy atom. The summed E-state index contributed by atoms with van der Waals surface area (Å²) in [6.45, 7) is -0.480. The highest BCUT2D eigenvalue weighted by Crippen LogP contribution is 2.24. The van der Waals surface area contributed by atoms with E-state index in [2.05, 4.69) is 10.9 Å². The second kappa shape index (κ2) is 11.3. The standard InChI is InChI=1S/C27H23N3O7/c1-36-23-10-6-5-9-20(23)22(31)16-37-27(35)18-11-13-19(14-12-18)30-24(32)15-21(26(30)34)28-29-25(33)17-7-3-2-4-8-17/h2-14,21,28H,15-16H2,1H3,(H,29,33). The quantitative estimate of drug-likeness (QED) is 0.198. The Balaban J connectivity index is 1.34. The number of hydrogen-bond donors (Lipinski definition) is 2. The maximum atomic E-state index is 12.8. The van der Waals surface area contributed by atoms with E-state index in [0.29, 0.717) is 16.9 Å². The van der Waals surface area contributed by atoms with Crippen LogP contribution in [0.5, 0.6) is 5.75 Å². The first-order chi connectivity index (χ1) is 17.9. The zero-order chi connectivity index (χ0) is 26.4. The fraction of sp³-hybridized carbons (Fsp3) is 0.148. The third kappa shape index (κ3) is 5.71. The van der Waals surface area contributed by atoms with Gasteiger partial charge in [0.15, 0.2) is 6.61 Å². The van der Waals surface area contributed by atoms with Gasteiger partial charge in [-0.05, 0) is 48.5 Å². The molecule has 3 amide bonds. The van der Waals surface area contributed by atoms with Crippen LogP contribution in [0.2, 0.25) is 0 Å². The van der Waals surface area contributed by atoms with Gasteiger partial charge in [0.25, 0.3) is 11.8 Å². The second-order valence-electron chi connectivity index (χ2n) is 8.04. The lowest BCUT2D eigenvalue weighted by Crippen LogP contribution is -2.48. The molecule has 1 saturated heterocycles. The van der Waals surface area contributed by atoms with Crippen molar-refractivity contribution >= 4 is 35.2 Å². The van der Waals surface area contributed by atoms with Crippen LogP contribution in [0.3, 0.4) is 0 Å². The van der Waals surface area contributed by atoms with Gasteiger partial charge in [0.05, 0.1) is 30.3 Å². The van der Waals surface area contributed by atoms with E-state index < -0.39 is 42.1 Å². The SMILES string of the molecule is COc1ccccc1C(=O)COC(=O)c1ccc(N2C(=O)CC(NNC(=O)c3ccccc3)C2=O)cc1. The van der Waals surface area contributed by atoms with Crippen molar-refractivity contribution in [2.75, 3.05) is 18.6 Å². The largest absolute Gasteiger partial charge is 0.496 e. The smallest absolute Gasteiger partial charge is 0.338 e. The number of rotatable bonds is 9. The molecular weight excluding hydrogens is 478 g/mol. The number of hydrogen-bond acceptors (Lipinski definition) is 8. The Labute approximate surface area is 212 Å². The first-order valence-corrected chi connectivity index (χ1v) is 11.3. The average Bonchev–Trinajstić information content (AvgIpc) is 3.22. The Kier molecular flexibility index (Phi) is 7.70. The summed E-state index contributed by atoms with van der Waals surface area (Å²) in [5.41, 5.74) is 6.15. The predicted octanol–water partition coefficient (Wildman–Crippen LogP) is 2.30. The molecule has 0 aromatic heterocycles. The van der Waals surface area contributed by atoms with Crippen molar-refractivity contribution in [3.63, 3.8) is 0 Å². The number of methoxy groups -OCH3 is 1. The van der Waals surface area contributed by atoms with Gasteiger partial charge in [0, 0.05) is 5.56 Å². The van der Waals surface area contributed by atoms with Crippen molar-refractivity contribution in [3.05, 3.63) is 95.6 Å². The number of hydrazine groups is 1. The molecule has 188 valence electrons. The summed E-state index contributed by atoms with van der Waals surface area (Å²) in [6.07, 6.45) is -0.150. The summed E-state index contributed by atoms with van der Waals surface area (Å²) in [5, 5.41) is 0. The molecule has 1 unspecified atom stereocenters. The number of esters is 1. The van der Waals surface area contributed by atoms with Crippen LogP contribution in [0, 0.1) is 0 Å². The summed E-state index contributed by atoms with van der Waals surface area (Å²) in [6, 6.07) is 19.7. The summed E-state index contributed by atoms with van der Waals surface area (Å²) in [5.74, 6) is -2.23. The van der Waals surface area contributed by atoms with Crippen LogP contribution in [-0.4, -0.2) is 49.2 Å². The Morgan fingerprint density at radius 2 is 1.57 bits per heavy atom. The van der Waals surface area contributed by atoms with Gasteiger partial charge >= 0.3 is 5.97 Å². The van der Waals surface area contributed by atoms with Crippen LogP contribution in [0.4, 0.5) is 5.69 Å². The molecule has 4 rings (SSSR count). The lowest BCUT2D eigenvalue weighted by Gasteiger charge is -2.16. The zero-order valence-electron chi connectivity index (χ0n) is 19.8. The van der Waals surface area contributed by atoms with Crippen molar-refractivity contribution in [3.8, 4) is 5.75 Å². The molecule has 1 fully saturated rings. The van der Waals surface area contributed by atoms with E-state index in [-0.39, 0.29) is 17.7 Å². The molecule has 1 aliphatic heterocycles. The zero-order valence-corrected chi connectivity index (χ0v) is 19.8. The summed E-state index contributed by atoms with van der Waals surface area (Å²) in [4.78, 5) is 63.3. The van der Waals surface area contributed by atoms with Crippen LogP contribution >= 0.6 is 0 Å². The maximum absolute atomic E-state index is 12.8. The van der Waals surface area contributed by atoms with Gasteiger partial charge in [-0.2, -0.15) is 0 Å². The molecule has 0 aliphatic carbocycles. The number of para-hydroxylation sites is 1. The molecule has 37 heavy (non-hydrogen) atoms. The number of Topliss-reactive ketones (excluding diaryl/α,β-unsaturated/α-hetero) is 1. The van der Waals surface area contributed by atoms with E-state index in [1.807, 2.05) is 0 Å². The van der Waals surface area contributed by atoms with E-state index in [4.69, 9.17) is 9.47 Å². The third-order valence-corrected chi connectivity index (χ3v) is 5.65. The number of carbonyl (C=O) groups excluding carboxylic acids is 5. The number of ether oxygens (including phenoxy) is 2. The first kappa shape index (κ1) is 25.3. The van der Waals surface area contributed by atoms with Crippen molar-refractivity contribution in [2.45, 2.75) is 12.5 Å². The number of anilines is 1. The number of amides is 3. The molecule has 2 N–H and O–H groups in total. The molecule has 1 atom stereocenters. The van der Waals surface area contributed by atoms with Gasteiger partial charge in [0.1, 0.15) is 11.8 Å². The Morgan fingerprint density at radius 3 is 2.27 bits per heavy atom. The summed E-state index contributed by atoms with van der Waals surface area (Å²) in [7, 11) is 1.44. The topological polar surface area (TPSA) is 131 Å². The highest BCUT2D eigenvalue weighted by molar-refractivity contribution is 6.22. The second-order valence-corrected chi connectivity index (χ2v) is 8.04. The van der Waals surface area contributed by atoms with E-state index >= 15 is 0 Å². The number of benzene rings is 3. The van der Waals surface area contributed by atoms with Gasteiger partial charge < -0.3 is 9.47 Å². The van der Waals surface area contributed by atoms with Crippen LogP contribution in [0.15, 0.2) is 78.9 Å². The predicted molar refractivity (Wildman–Crippen MR) is 132 cm³/mol. The van der Waals surface area contributed by atoms with Gasteiger partial charge in [-0.3, -0.25) is 24.6 Å². The fourth-order valence-electron chi connectivity index (χ4n) is 3.74. The van der Waals surface area contributed by atoms with Crippen molar-refractivity contribution in [1.29, 1.82) is 0 Å². The summed E-state index contributed by atoms with van der Waals surface area (Å²) < 4.78 is 10.3. The molecule has 0 saturated carbocycles. The molecule has 3 aromatic rings. The highest BCUT2D eigenvalue weighted by Gasteiger charge is 2.39. The Bertz CT molecular complexity index is 1340. The molecule has 1 heterocycles. The molecule has 0 radical (unpaired) electrons.